The molecule has 0 spiro atoms. The summed E-state index contributed by atoms with van der Waals surface area (Å²) in [5.74, 6) is -0.224. The van der Waals surface area contributed by atoms with E-state index >= 15 is 0 Å². The number of hydrogen-bond donors (Lipinski definition) is 0. The topological polar surface area (TPSA) is 17.1 Å². The monoisotopic (exact) mass is 210 g/mol. The molecule has 0 unspecified atom stereocenters. The maximum absolute atomic E-state index is 10.8. The van der Waals surface area contributed by atoms with Crippen molar-refractivity contribution in [3.8, 4) is 0 Å². The van der Waals surface area contributed by atoms with E-state index in [2.05, 4.69) is 0 Å². The summed E-state index contributed by atoms with van der Waals surface area (Å²) in [6.07, 6.45) is 2.53. The molecular formula is C7H5Cl3O. The van der Waals surface area contributed by atoms with Crippen LogP contribution in [-0.4, -0.2) is 10.7 Å². The van der Waals surface area contributed by atoms with Crippen LogP contribution in [0.15, 0.2) is 22.2 Å². The predicted molar refractivity (Wildman–Crippen MR) is 47.1 cm³/mol. The standard InChI is InChI=1S/C7H5Cl3O/c1-7(10)5(8)2-4(11)3-6(7)9/h2-3H,1H3. The Kier molecular flexibility index (Phi) is 2.33. The highest BCUT2D eigenvalue weighted by molar-refractivity contribution is 6.49. The van der Waals surface area contributed by atoms with Gasteiger partial charge >= 0.3 is 0 Å². The largest absolute Gasteiger partial charge is 0.290 e. The molecule has 0 fully saturated rings. The molecule has 1 rings (SSSR count). The third-order valence-electron chi connectivity index (χ3n) is 1.43. The Morgan fingerprint density at radius 1 is 1.27 bits per heavy atom. The quantitative estimate of drug-likeness (QED) is 0.563. The maximum atomic E-state index is 10.8. The fourth-order valence-corrected chi connectivity index (χ4v) is 1.25. The highest BCUT2D eigenvalue weighted by Crippen LogP contribution is 2.39. The minimum Gasteiger partial charge on any atom is -0.290 e. The molecule has 0 saturated carbocycles. The van der Waals surface area contributed by atoms with E-state index in [4.69, 9.17) is 34.8 Å². The average molecular weight is 211 g/mol. The molecule has 0 aromatic carbocycles. The Morgan fingerprint density at radius 3 is 2.00 bits per heavy atom. The Hall–Kier alpha value is 0.0200. The van der Waals surface area contributed by atoms with Gasteiger partial charge in [0.05, 0.1) is 0 Å². The zero-order valence-corrected chi connectivity index (χ0v) is 7.96. The second-order valence-corrected chi connectivity index (χ2v) is 3.96. The fourth-order valence-electron chi connectivity index (χ4n) is 0.677. The van der Waals surface area contributed by atoms with Crippen LogP contribution in [0.4, 0.5) is 0 Å². The van der Waals surface area contributed by atoms with Crippen LogP contribution < -0.4 is 0 Å². The van der Waals surface area contributed by atoms with Crippen molar-refractivity contribution in [3.63, 3.8) is 0 Å². The molecule has 0 aromatic rings. The van der Waals surface area contributed by atoms with Crippen molar-refractivity contribution in [2.75, 3.05) is 0 Å². The lowest BCUT2D eigenvalue weighted by Crippen LogP contribution is -2.22. The minimum atomic E-state index is -0.920. The number of carbonyl (C=O) groups excluding carboxylic acids is 1. The first-order chi connectivity index (χ1) is 4.94. The second kappa shape index (κ2) is 2.81. The minimum absolute atomic E-state index is 0.224. The van der Waals surface area contributed by atoms with Crippen LogP contribution in [0.25, 0.3) is 0 Å². The van der Waals surface area contributed by atoms with Gasteiger partial charge in [-0.15, -0.1) is 11.6 Å². The summed E-state index contributed by atoms with van der Waals surface area (Å²) in [7, 11) is 0. The normalized spacial score (nSPS) is 22.7. The van der Waals surface area contributed by atoms with E-state index < -0.39 is 4.87 Å². The van der Waals surface area contributed by atoms with Crippen LogP contribution in [0.3, 0.4) is 0 Å². The zero-order valence-electron chi connectivity index (χ0n) is 5.70. The van der Waals surface area contributed by atoms with Gasteiger partial charge in [-0.25, -0.2) is 0 Å². The Bertz CT molecular complexity index is 239. The molecular weight excluding hydrogens is 206 g/mol. The van der Waals surface area contributed by atoms with Crippen LogP contribution >= 0.6 is 34.8 Å². The molecule has 0 saturated heterocycles. The van der Waals surface area contributed by atoms with Crippen molar-refractivity contribution < 1.29 is 4.79 Å². The number of ketones is 1. The zero-order chi connectivity index (χ0) is 8.65. The van der Waals surface area contributed by atoms with Gasteiger partial charge in [-0.05, 0) is 6.92 Å². The lowest BCUT2D eigenvalue weighted by atomic mass is 10.0. The van der Waals surface area contributed by atoms with E-state index in [-0.39, 0.29) is 15.8 Å². The first kappa shape index (κ1) is 9.11. The van der Waals surface area contributed by atoms with E-state index in [0.717, 1.165) is 0 Å². The van der Waals surface area contributed by atoms with Crippen molar-refractivity contribution in [2.45, 2.75) is 11.8 Å². The molecule has 0 aromatic heterocycles. The van der Waals surface area contributed by atoms with Crippen LogP contribution in [0.5, 0.6) is 0 Å². The second-order valence-electron chi connectivity index (χ2n) is 2.39. The summed E-state index contributed by atoms with van der Waals surface area (Å²) >= 11 is 17.2. The molecule has 0 atom stereocenters. The van der Waals surface area contributed by atoms with Crippen LogP contribution in [0.2, 0.25) is 0 Å². The van der Waals surface area contributed by atoms with Crippen LogP contribution in [0.1, 0.15) is 6.92 Å². The predicted octanol–water partition coefficient (Wildman–Crippen LogP) is 2.81. The number of carbonyl (C=O) groups is 1. The van der Waals surface area contributed by atoms with Gasteiger partial charge in [-0.1, -0.05) is 23.2 Å². The third kappa shape index (κ3) is 1.61. The smallest absolute Gasteiger partial charge is 0.181 e. The lowest BCUT2D eigenvalue weighted by molar-refractivity contribution is -0.110. The number of halogens is 3. The van der Waals surface area contributed by atoms with Crippen molar-refractivity contribution in [2.24, 2.45) is 0 Å². The van der Waals surface area contributed by atoms with Crippen molar-refractivity contribution in [1.82, 2.24) is 0 Å². The van der Waals surface area contributed by atoms with E-state index in [0.29, 0.717) is 0 Å². The molecule has 0 heterocycles. The van der Waals surface area contributed by atoms with Gasteiger partial charge in [0.15, 0.2) is 5.78 Å². The molecule has 0 N–H and O–H groups in total. The average Bonchev–Trinajstić information content (AvgIpc) is 1.84. The van der Waals surface area contributed by atoms with Gasteiger partial charge in [0, 0.05) is 22.2 Å². The van der Waals surface area contributed by atoms with Crippen molar-refractivity contribution in [1.29, 1.82) is 0 Å². The first-order valence-electron chi connectivity index (χ1n) is 2.93. The van der Waals surface area contributed by atoms with Gasteiger partial charge in [0.25, 0.3) is 0 Å². The number of alkyl halides is 1. The number of rotatable bonds is 0. The molecule has 0 amide bonds. The highest BCUT2D eigenvalue weighted by atomic mass is 35.5. The van der Waals surface area contributed by atoms with Gasteiger partial charge in [0.2, 0.25) is 0 Å². The summed E-state index contributed by atoms with van der Waals surface area (Å²) in [4.78, 5) is 9.87. The Balaban J connectivity index is 3.11. The van der Waals surface area contributed by atoms with Gasteiger partial charge in [-0.3, -0.25) is 4.79 Å². The van der Waals surface area contributed by atoms with E-state index in [1.165, 1.54) is 12.2 Å². The highest BCUT2D eigenvalue weighted by Gasteiger charge is 2.32. The molecule has 60 valence electrons. The molecule has 1 aliphatic carbocycles. The summed E-state index contributed by atoms with van der Waals surface area (Å²) in [6, 6.07) is 0. The fraction of sp³-hybridized carbons (Fsp3) is 0.286. The van der Waals surface area contributed by atoms with Crippen molar-refractivity contribution >= 4 is 40.6 Å². The summed E-state index contributed by atoms with van der Waals surface area (Å²) in [5.41, 5.74) is 0. The van der Waals surface area contributed by atoms with Gasteiger partial charge < -0.3 is 0 Å². The molecule has 0 bridgehead atoms. The first-order valence-corrected chi connectivity index (χ1v) is 4.06. The van der Waals surface area contributed by atoms with Crippen LogP contribution in [0, 0.1) is 0 Å². The molecule has 0 radical (unpaired) electrons. The molecule has 11 heavy (non-hydrogen) atoms. The van der Waals surface area contributed by atoms with E-state index in [9.17, 15) is 4.79 Å². The number of hydrogen-bond acceptors (Lipinski definition) is 1. The third-order valence-corrected chi connectivity index (χ3v) is 3.01. The maximum Gasteiger partial charge on any atom is 0.181 e. The van der Waals surface area contributed by atoms with Gasteiger partial charge in [0.1, 0.15) is 4.87 Å². The van der Waals surface area contributed by atoms with E-state index in [1.54, 1.807) is 6.92 Å². The SMILES string of the molecule is CC1(Cl)C(Cl)=CC(=O)C=C1Cl. The molecule has 4 heteroatoms. The Morgan fingerprint density at radius 2 is 1.64 bits per heavy atom. The number of allylic oxidation sites excluding steroid dienone is 4. The lowest BCUT2D eigenvalue weighted by Gasteiger charge is -2.22. The summed E-state index contributed by atoms with van der Waals surface area (Å²) in [6.45, 7) is 1.64. The Labute approximate surface area is 79.6 Å². The summed E-state index contributed by atoms with van der Waals surface area (Å²) in [5, 5.41) is 0.522. The molecule has 1 aliphatic rings. The summed E-state index contributed by atoms with van der Waals surface area (Å²) < 4.78 is 0. The van der Waals surface area contributed by atoms with Gasteiger partial charge in [-0.2, -0.15) is 0 Å². The van der Waals surface area contributed by atoms with E-state index in [1.807, 2.05) is 0 Å². The molecule has 0 aliphatic heterocycles. The molecule has 1 nitrogen and oxygen atoms in total. The van der Waals surface area contributed by atoms with Crippen LogP contribution in [-0.2, 0) is 4.79 Å². The van der Waals surface area contributed by atoms with Crippen molar-refractivity contribution in [3.05, 3.63) is 22.2 Å².